The van der Waals surface area contributed by atoms with Crippen molar-refractivity contribution in [2.75, 3.05) is 33.0 Å². The normalized spacial score (nSPS) is 22.2. The maximum atomic E-state index is 12.2. The standard InChI is InChI=1S/C21H34N2O3S/c1-26-20-8-7-17-6-5-16(14-19(17)15-20)4-3-11-23-21(27(2,24)25)18-9-12-22-13-10-18/h7-8,15-16,18,21-23H,3-6,9-14H2,1-2H3. The largest absolute Gasteiger partial charge is 0.497 e. The Balaban J connectivity index is 1.47. The van der Waals surface area contributed by atoms with E-state index in [1.807, 2.05) is 0 Å². The first-order valence-electron chi connectivity index (χ1n) is 10.3. The van der Waals surface area contributed by atoms with E-state index in [4.69, 9.17) is 4.74 Å². The van der Waals surface area contributed by atoms with Crippen LogP contribution in [0, 0.1) is 11.8 Å². The second-order valence-corrected chi connectivity index (χ2v) is 10.3. The Kier molecular flexibility index (Phi) is 7.17. The van der Waals surface area contributed by atoms with Gasteiger partial charge in [-0.1, -0.05) is 6.07 Å². The van der Waals surface area contributed by atoms with Gasteiger partial charge >= 0.3 is 0 Å². The van der Waals surface area contributed by atoms with Gasteiger partial charge in [0.15, 0.2) is 9.84 Å². The van der Waals surface area contributed by atoms with E-state index in [0.29, 0.717) is 5.92 Å². The summed E-state index contributed by atoms with van der Waals surface area (Å²) in [6.07, 6.45) is 8.89. The minimum absolute atomic E-state index is 0.232. The van der Waals surface area contributed by atoms with Crippen molar-refractivity contribution < 1.29 is 13.2 Å². The molecule has 2 unspecified atom stereocenters. The lowest BCUT2D eigenvalue weighted by Gasteiger charge is -2.30. The zero-order valence-electron chi connectivity index (χ0n) is 16.7. The highest BCUT2D eigenvalue weighted by Gasteiger charge is 2.30. The number of piperidine rings is 1. The van der Waals surface area contributed by atoms with Gasteiger partial charge in [0, 0.05) is 6.26 Å². The molecule has 1 aromatic rings. The molecule has 0 saturated carbocycles. The highest BCUT2D eigenvalue weighted by molar-refractivity contribution is 7.91. The quantitative estimate of drug-likeness (QED) is 0.663. The molecule has 2 atom stereocenters. The molecule has 1 heterocycles. The number of fused-ring (bicyclic) bond motifs is 1. The van der Waals surface area contributed by atoms with E-state index in [1.165, 1.54) is 23.8 Å². The van der Waals surface area contributed by atoms with E-state index < -0.39 is 15.2 Å². The molecule has 27 heavy (non-hydrogen) atoms. The van der Waals surface area contributed by atoms with Crippen LogP contribution in [0.5, 0.6) is 5.75 Å². The molecule has 0 bridgehead atoms. The summed E-state index contributed by atoms with van der Waals surface area (Å²) in [5.41, 5.74) is 2.87. The second-order valence-electron chi connectivity index (χ2n) is 8.18. The lowest BCUT2D eigenvalue weighted by Crippen LogP contribution is -2.46. The van der Waals surface area contributed by atoms with Crippen LogP contribution in [-0.2, 0) is 22.7 Å². The van der Waals surface area contributed by atoms with E-state index in [-0.39, 0.29) is 5.92 Å². The SMILES string of the molecule is COc1ccc2c(c1)CC(CCCNC(C1CCNCC1)S(C)(=O)=O)CC2. The third-order valence-electron chi connectivity index (χ3n) is 6.15. The molecule has 3 rings (SSSR count). The van der Waals surface area contributed by atoms with Crippen LogP contribution in [0.15, 0.2) is 18.2 Å². The molecule has 2 aliphatic rings. The number of sulfone groups is 1. The molecular formula is C21H34N2O3S. The summed E-state index contributed by atoms with van der Waals surface area (Å²) in [4.78, 5) is 0. The van der Waals surface area contributed by atoms with E-state index in [1.54, 1.807) is 7.11 Å². The Hall–Kier alpha value is -1.11. The fraction of sp³-hybridized carbons (Fsp3) is 0.714. The molecule has 6 heteroatoms. The zero-order chi connectivity index (χ0) is 19.3. The fourth-order valence-electron chi connectivity index (χ4n) is 4.63. The second kappa shape index (κ2) is 9.39. The molecule has 0 amide bonds. The van der Waals surface area contributed by atoms with Gasteiger partial charge < -0.3 is 15.4 Å². The maximum absolute atomic E-state index is 12.2. The molecule has 1 aliphatic carbocycles. The fourth-order valence-corrected chi connectivity index (χ4v) is 6.02. The predicted octanol–water partition coefficient (Wildman–Crippen LogP) is 2.54. The topological polar surface area (TPSA) is 67.4 Å². The molecular weight excluding hydrogens is 360 g/mol. The zero-order valence-corrected chi connectivity index (χ0v) is 17.5. The van der Waals surface area contributed by atoms with E-state index in [2.05, 4.69) is 28.8 Å². The third-order valence-corrected chi connectivity index (χ3v) is 7.63. The summed E-state index contributed by atoms with van der Waals surface area (Å²) in [5, 5.41) is 6.29. The molecule has 1 aliphatic heterocycles. The number of nitrogens with one attached hydrogen (secondary N) is 2. The molecule has 152 valence electrons. The van der Waals surface area contributed by atoms with E-state index in [0.717, 1.165) is 63.9 Å². The van der Waals surface area contributed by atoms with Gasteiger partial charge in [-0.3, -0.25) is 0 Å². The van der Waals surface area contributed by atoms with Crippen LogP contribution in [0.3, 0.4) is 0 Å². The average Bonchev–Trinajstić information content (AvgIpc) is 2.67. The number of benzene rings is 1. The van der Waals surface area contributed by atoms with Crippen LogP contribution < -0.4 is 15.4 Å². The number of hydrogen-bond donors (Lipinski definition) is 2. The van der Waals surface area contributed by atoms with Crippen molar-refractivity contribution in [2.45, 2.75) is 50.3 Å². The van der Waals surface area contributed by atoms with Crippen molar-refractivity contribution >= 4 is 9.84 Å². The Morgan fingerprint density at radius 3 is 2.70 bits per heavy atom. The monoisotopic (exact) mass is 394 g/mol. The molecule has 1 aromatic carbocycles. The molecule has 1 saturated heterocycles. The number of hydrogen-bond acceptors (Lipinski definition) is 5. The summed E-state index contributed by atoms with van der Waals surface area (Å²) in [7, 11) is -1.35. The van der Waals surface area contributed by atoms with E-state index in [9.17, 15) is 8.42 Å². The van der Waals surface area contributed by atoms with Crippen LogP contribution in [0.4, 0.5) is 0 Å². The summed E-state index contributed by atoms with van der Waals surface area (Å²) in [6.45, 7) is 2.62. The van der Waals surface area contributed by atoms with Gasteiger partial charge in [-0.25, -0.2) is 8.42 Å². The van der Waals surface area contributed by atoms with Gasteiger partial charge in [0.05, 0.1) is 7.11 Å². The van der Waals surface area contributed by atoms with Crippen LogP contribution in [-0.4, -0.2) is 46.8 Å². The van der Waals surface area contributed by atoms with Crippen LogP contribution >= 0.6 is 0 Å². The molecule has 2 N–H and O–H groups in total. The minimum atomic E-state index is -3.07. The van der Waals surface area contributed by atoms with Crippen LogP contribution in [0.2, 0.25) is 0 Å². The van der Waals surface area contributed by atoms with Gasteiger partial charge in [0.2, 0.25) is 0 Å². The predicted molar refractivity (Wildman–Crippen MR) is 110 cm³/mol. The molecule has 1 fully saturated rings. The van der Waals surface area contributed by atoms with Gasteiger partial charge in [-0.2, -0.15) is 0 Å². The van der Waals surface area contributed by atoms with Crippen LogP contribution in [0.1, 0.15) is 43.2 Å². The molecule has 0 radical (unpaired) electrons. The number of methoxy groups -OCH3 is 1. The highest BCUT2D eigenvalue weighted by Crippen LogP contribution is 2.30. The maximum Gasteiger partial charge on any atom is 0.163 e. The number of aryl methyl sites for hydroxylation is 1. The van der Waals surface area contributed by atoms with Gasteiger partial charge in [-0.05, 0) is 99.7 Å². The molecule has 0 spiro atoms. The van der Waals surface area contributed by atoms with Crippen LogP contribution in [0.25, 0.3) is 0 Å². The van der Waals surface area contributed by atoms with Crippen molar-refractivity contribution in [1.29, 1.82) is 0 Å². The van der Waals surface area contributed by atoms with Gasteiger partial charge in [-0.15, -0.1) is 0 Å². The summed E-state index contributed by atoms with van der Waals surface area (Å²) >= 11 is 0. The Morgan fingerprint density at radius 2 is 2.00 bits per heavy atom. The first-order valence-corrected chi connectivity index (χ1v) is 12.2. The van der Waals surface area contributed by atoms with Gasteiger partial charge in [0.1, 0.15) is 11.1 Å². The number of rotatable bonds is 8. The van der Waals surface area contributed by atoms with Crippen molar-refractivity contribution in [3.63, 3.8) is 0 Å². The molecule has 5 nitrogen and oxygen atoms in total. The minimum Gasteiger partial charge on any atom is -0.497 e. The first-order chi connectivity index (χ1) is 13.0. The van der Waals surface area contributed by atoms with Crippen molar-refractivity contribution in [3.8, 4) is 5.75 Å². The van der Waals surface area contributed by atoms with Crippen molar-refractivity contribution in [3.05, 3.63) is 29.3 Å². The number of ether oxygens (including phenoxy) is 1. The lowest BCUT2D eigenvalue weighted by molar-refractivity contribution is 0.322. The Labute approximate surface area is 164 Å². The first kappa shape index (κ1) is 20.6. The van der Waals surface area contributed by atoms with Crippen molar-refractivity contribution in [1.82, 2.24) is 10.6 Å². The highest BCUT2D eigenvalue weighted by atomic mass is 32.2. The van der Waals surface area contributed by atoms with E-state index >= 15 is 0 Å². The Morgan fingerprint density at radius 1 is 1.22 bits per heavy atom. The Bertz CT molecular complexity index is 714. The average molecular weight is 395 g/mol. The molecule has 0 aromatic heterocycles. The summed E-state index contributed by atoms with van der Waals surface area (Å²) in [5.74, 6) is 1.85. The smallest absolute Gasteiger partial charge is 0.163 e. The summed E-state index contributed by atoms with van der Waals surface area (Å²) in [6, 6.07) is 6.42. The third kappa shape index (κ3) is 5.69. The summed E-state index contributed by atoms with van der Waals surface area (Å²) < 4.78 is 29.8. The lowest BCUT2D eigenvalue weighted by atomic mass is 9.81. The van der Waals surface area contributed by atoms with Crippen molar-refractivity contribution in [2.24, 2.45) is 11.8 Å². The van der Waals surface area contributed by atoms with Gasteiger partial charge in [0.25, 0.3) is 0 Å².